The monoisotopic (exact) mass is 268 g/mol. The number of thioether (sulfide) groups is 1. The SMILES string of the molecule is CCCNC(C#N)(CSc1ncns1)C1CC1. The lowest BCUT2D eigenvalue weighted by molar-refractivity contribution is 0.405. The van der Waals surface area contributed by atoms with Gasteiger partial charge >= 0.3 is 0 Å². The van der Waals surface area contributed by atoms with Crippen LogP contribution in [0, 0.1) is 17.2 Å². The number of nitrogens with one attached hydrogen (secondary N) is 1. The van der Waals surface area contributed by atoms with E-state index in [0.717, 1.165) is 23.1 Å². The highest BCUT2D eigenvalue weighted by Crippen LogP contribution is 2.42. The highest BCUT2D eigenvalue weighted by atomic mass is 32.2. The van der Waals surface area contributed by atoms with Crippen molar-refractivity contribution in [3.05, 3.63) is 6.33 Å². The smallest absolute Gasteiger partial charge is 0.169 e. The van der Waals surface area contributed by atoms with Crippen molar-refractivity contribution in [1.82, 2.24) is 14.7 Å². The summed E-state index contributed by atoms with van der Waals surface area (Å²) in [5, 5.41) is 12.9. The first-order valence-electron chi connectivity index (χ1n) is 5.86. The van der Waals surface area contributed by atoms with E-state index in [0.29, 0.717) is 5.92 Å². The minimum atomic E-state index is -0.369. The van der Waals surface area contributed by atoms with Crippen molar-refractivity contribution in [3.8, 4) is 6.07 Å². The molecule has 1 aromatic heterocycles. The highest BCUT2D eigenvalue weighted by molar-refractivity contribution is 8.01. The van der Waals surface area contributed by atoms with Crippen LogP contribution < -0.4 is 5.32 Å². The van der Waals surface area contributed by atoms with Crippen LogP contribution in [-0.4, -0.2) is 27.2 Å². The molecule has 0 amide bonds. The predicted octanol–water partition coefficient (Wildman–Crippen LogP) is 2.30. The van der Waals surface area contributed by atoms with Gasteiger partial charge in [-0.1, -0.05) is 18.7 Å². The van der Waals surface area contributed by atoms with E-state index in [1.165, 1.54) is 24.4 Å². The van der Waals surface area contributed by atoms with E-state index in [1.807, 2.05) is 0 Å². The van der Waals surface area contributed by atoms with Crippen LogP contribution >= 0.6 is 23.3 Å². The van der Waals surface area contributed by atoms with E-state index in [9.17, 15) is 5.26 Å². The molecule has 0 saturated heterocycles. The van der Waals surface area contributed by atoms with Crippen molar-refractivity contribution in [3.63, 3.8) is 0 Å². The van der Waals surface area contributed by atoms with E-state index in [2.05, 4.69) is 27.7 Å². The summed E-state index contributed by atoms with van der Waals surface area (Å²) in [5.74, 6) is 1.28. The second-order valence-corrected chi connectivity index (χ2v) is 6.28. The minimum Gasteiger partial charge on any atom is -0.298 e. The fourth-order valence-electron chi connectivity index (χ4n) is 1.80. The zero-order chi connectivity index (χ0) is 12.1. The van der Waals surface area contributed by atoms with Crippen LogP contribution in [-0.2, 0) is 0 Å². The van der Waals surface area contributed by atoms with Gasteiger partial charge in [0.05, 0.1) is 6.07 Å². The maximum Gasteiger partial charge on any atom is 0.169 e. The third kappa shape index (κ3) is 3.18. The third-order valence-corrected chi connectivity index (χ3v) is 4.92. The van der Waals surface area contributed by atoms with E-state index in [-0.39, 0.29) is 5.54 Å². The van der Waals surface area contributed by atoms with Crippen molar-refractivity contribution in [2.45, 2.75) is 36.1 Å². The Labute approximate surface area is 110 Å². The number of rotatable bonds is 7. The van der Waals surface area contributed by atoms with Crippen LogP contribution in [0.2, 0.25) is 0 Å². The van der Waals surface area contributed by atoms with Crippen LogP contribution in [0.4, 0.5) is 0 Å². The zero-order valence-corrected chi connectivity index (χ0v) is 11.5. The van der Waals surface area contributed by atoms with Gasteiger partial charge in [-0.05, 0) is 43.3 Å². The van der Waals surface area contributed by atoms with Crippen molar-refractivity contribution in [2.75, 3.05) is 12.3 Å². The standard InChI is InChI=1S/C11H16N4S2/c1-2-5-14-11(6-12,9-3-4-9)7-16-10-13-8-15-17-10/h8-9,14H,2-5,7H2,1H3. The van der Waals surface area contributed by atoms with Crippen LogP contribution in [0.3, 0.4) is 0 Å². The second kappa shape index (κ2) is 5.80. The first-order valence-corrected chi connectivity index (χ1v) is 7.62. The van der Waals surface area contributed by atoms with Gasteiger partial charge in [-0.3, -0.25) is 5.32 Å². The normalized spacial score (nSPS) is 18.6. The Morgan fingerprint density at radius 3 is 3.06 bits per heavy atom. The molecule has 1 atom stereocenters. The summed E-state index contributed by atoms with van der Waals surface area (Å²) in [4.78, 5) is 4.15. The molecule has 92 valence electrons. The molecule has 0 aliphatic heterocycles. The van der Waals surface area contributed by atoms with Crippen molar-refractivity contribution < 1.29 is 0 Å². The average Bonchev–Trinajstić information content (AvgIpc) is 3.08. The van der Waals surface area contributed by atoms with Gasteiger partial charge in [-0.2, -0.15) is 9.64 Å². The maximum absolute atomic E-state index is 9.48. The van der Waals surface area contributed by atoms with Crippen molar-refractivity contribution >= 4 is 23.3 Å². The summed E-state index contributed by atoms with van der Waals surface area (Å²) in [5.41, 5.74) is -0.369. The highest BCUT2D eigenvalue weighted by Gasteiger charge is 2.45. The lowest BCUT2D eigenvalue weighted by atomic mass is 9.97. The number of hydrogen-bond donors (Lipinski definition) is 1. The van der Waals surface area contributed by atoms with Gasteiger partial charge in [0.2, 0.25) is 0 Å². The molecule has 1 saturated carbocycles. The van der Waals surface area contributed by atoms with Gasteiger partial charge in [0, 0.05) is 5.75 Å². The molecular weight excluding hydrogens is 252 g/mol. The predicted molar refractivity (Wildman–Crippen MR) is 70.0 cm³/mol. The number of aromatic nitrogens is 2. The largest absolute Gasteiger partial charge is 0.298 e. The summed E-state index contributed by atoms with van der Waals surface area (Å²) in [6.07, 6.45) is 4.96. The molecule has 0 aromatic carbocycles. The molecule has 1 fully saturated rings. The summed E-state index contributed by atoms with van der Waals surface area (Å²) in [7, 11) is 0. The van der Waals surface area contributed by atoms with Crippen molar-refractivity contribution in [2.24, 2.45) is 5.92 Å². The van der Waals surface area contributed by atoms with Crippen LogP contribution in [0.5, 0.6) is 0 Å². The minimum absolute atomic E-state index is 0.369. The quantitative estimate of drug-likeness (QED) is 0.769. The summed E-state index contributed by atoms with van der Waals surface area (Å²) >= 11 is 3.03. The molecule has 0 bridgehead atoms. The molecule has 1 heterocycles. The van der Waals surface area contributed by atoms with Gasteiger partial charge < -0.3 is 0 Å². The van der Waals surface area contributed by atoms with E-state index in [1.54, 1.807) is 18.1 Å². The van der Waals surface area contributed by atoms with Gasteiger partial charge in [-0.25, -0.2) is 4.98 Å². The molecule has 1 aliphatic rings. The molecule has 17 heavy (non-hydrogen) atoms. The summed E-state index contributed by atoms with van der Waals surface area (Å²) < 4.78 is 4.93. The van der Waals surface area contributed by atoms with Gasteiger partial charge in [0.15, 0.2) is 4.34 Å². The number of nitrogens with zero attached hydrogens (tertiary/aromatic N) is 3. The van der Waals surface area contributed by atoms with Gasteiger partial charge in [0.25, 0.3) is 0 Å². The number of hydrogen-bond acceptors (Lipinski definition) is 6. The number of nitriles is 1. The molecule has 2 rings (SSSR count). The molecule has 6 heteroatoms. The Morgan fingerprint density at radius 2 is 2.53 bits per heavy atom. The summed E-state index contributed by atoms with van der Waals surface area (Å²) in [6, 6.07) is 2.50. The maximum atomic E-state index is 9.48. The van der Waals surface area contributed by atoms with E-state index in [4.69, 9.17) is 0 Å². The van der Waals surface area contributed by atoms with Gasteiger partial charge in [-0.15, -0.1) is 0 Å². The first-order chi connectivity index (χ1) is 8.30. The summed E-state index contributed by atoms with van der Waals surface area (Å²) in [6.45, 7) is 3.03. The topological polar surface area (TPSA) is 61.6 Å². The molecule has 1 aliphatic carbocycles. The molecule has 1 unspecified atom stereocenters. The van der Waals surface area contributed by atoms with E-state index >= 15 is 0 Å². The lowest BCUT2D eigenvalue weighted by Crippen LogP contribution is -2.48. The Hall–Kier alpha value is -0.640. The first kappa shape index (κ1) is 12.8. The second-order valence-electron chi connectivity index (χ2n) is 4.28. The van der Waals surface area contributed by atoms with Crippen molar-refractivity contribution in [1.29, 1.82) is 5.26 Å². The Bertz CT molecular complexity index is 383. The molecular formula is C11H16N4S2. The van der Waals surface area contributed by atoms with E-state index < -0.39 is 0 Å². The Morgan fingerprint density at radius 1 is 1.71 bits per heavy atom. The van der Waals surface area contributed by atoms with Crippen LogP contribution in [0.1, 0.15) is 26.2 Å². The van der Waals surface area contributed by atoms with Crippen LogP contribution in [0.15, 0.2) is 10.7 Å². The van der Waals surface area contributed by atoms with Gasteiger partial charge in [0.1, 0.15) is 11.9 Å². The third-order valence-electron chi connectivity index (χ3n) is 2.93. The molecule has 0 spiro atoms. The molecule has 1 N–H and O–H groups in total. The molecule has 1 aromatic rings. The van der Waals surface area contributed by atoms with Crippen LogP contribution in [0.25, 0.3) is 0 Å². The Kier molecular flexibility index (Phi) is 4.37. The fraction of sp³-hybridized carbons (Fsp3) is 0.727. The zero-order valence-electron chi connectivity index (χ0n) is 9.85. The molecule has 4 nitrogen and oxygen atoms in total. The average molecular weight is 268 g/mol. The Balaban J connectivity index is 1.97. The fourth-order valence-corrected chi connectivity index (χ4v) is 3.47. The lowest BCUT2D eigenvalue weighted by Gasteiger charge is -2.27. The molecule has 0 radical (unpaired) electrons.